The Morgan fingerprint density at radius 3 is 2.70 bits per heavy atom. The Morgan fingerprint density at radius 2 is 1.87 bits per heavy atom. The van der Waals surface area contributed by atoms with Crippen LogP contribution >= 0.6 is 0 Å². The van der Waals surface area contributed by atoms with Gasteiger partial charge in [0.05, 0.1) is 6.10 Å². The number of carbonyl (C=O) groups is 1. The summed E-state index contributed by atoms with van der Waals surface area (Å²) in [6.07, 6.45) is 11.4. The van der Waals surface area contributed by atoms with Crippen molar-refractivity contribution in [1.29, 1.82) is 0 Å². The van der Waals surface area contributed by atoms with Crippen LogP contribution in [0.15, 0.2) is 0 Å². The molecule has 4 fully saturated rings. The zero-order valence-electron chi connectivity index (χ0n) is 14.8. The molecule has 0 aliphatic heterocycles. The van der Waals surface area contributed by atoms with Crippen LogP contribution in [-0.2, 0) is 14.3 Å². The summed E-state index contributed by atoms with van der Waals surface area (Å²) < 4.78 is 10.9. The number of rotatable bonds is 3. The molecule has 0 spiro atoms. The predicted octanol–water partition coefficient (Wildman–Crippen LogP) is 4.20. The third kappa shape index (κ3) is 2.59. The third-order valence-electron chi connectivity index (χ3n) is 8.04. The Kier molecular flexibility index (Phi) is 4.30. The zero-order valence-corrected chi connectivity index (χ0v) is 14.8. The van der Waals surface area contributed by atoms with E-state index in [0.29, 0.717) is 24.6 Å². The predicted molar refractivity (Wildman–Crippen MR) is 88.9 cm³/mol. The molecule has 0 saturated heterocycles. The number of carbonyl (C=O) groups excluding carboxylic acids is 1. The lowest BCUT2D eigenvalue weighted by atomic mass is 9.50. The third-order valence-corrected chi connectivity index (χ3v) is 8.04. The van der Waals surface area contributed by atoms with Gasteiger partial charge >= 0.3 is 0 Å². The molecule has 0 amide bonds. The minimum atomic E-state index is 0.0345. The molecule has 4 rings (SSSR count). The van der Waals surface area contributed by atoms with Crippen LogP contribution in [0.1, 0.15) is 64.7 Å². The summed E-state index contributed by atoms with van der Waals surface area (Å²) >= 11 is 0. The van der Waals surface area contributed by atoms with E-state index in [1.807, 2.05) is 0 Å². The van der Waals surface area contributed by atoms with E-state index in [9.17, 15) is 4.79 Å². The van der Waals surface area contributed by atoms with E-state index in [1.165, 1.54) is 44.9 Å². The number of fused-ring (bicyclic) bond motifs is 5. The second-order valence-electron chi connectivity index (χ2n) is 8.86. The molecule has 0 aromatic carbocycles. The van der Waals surface area contributed by atoms with Gasteiger partial charge in [-0.05, 0) is 81.0 Å². The monoisotopic (exact) mass is 320 g/mol. The molecule has 0 radical (unpaired) electrons. The van der Waals surface area contributed by atoms with Gasteiger partial charge in [0.2, 0.25) is 0 Å². The number of ketones is 1. The van der Waals surface area contributed by atoms with E-state index in [4.69, 9.17) is 9.47 Å². The summed E-state index contributed by atoms with van der Waals surface area (Å²) in [6.45, 7) is 2.72. The van der Waals surface area contributed by atoms with Crippen LogP contribution in [0.25, 0.3) is 0 Å². The molecule has 0 heterocycles. The molecule has 130 valence electrons. The van der Waals surface area contributed by atoms with E-state index in [0.717, 1.165) is 36.5 Å². The molecular formula is C20H32O3. The summed E-state index contributed by atoms with van der Waals surface area (Å²) in [4.78, 5) is 12.4. The van der Waals surface area contributed by atoms with Crippen LogP contribution in [0.3, 0.4) is 0 Å². The van der Waals surface area contributed by atoms with Crippen molar-refractivity contribution in [2.24, 2.45) is 35.0 Å². The standard InChI is InChI=1S/C20H32O3/c1-20-10-9-16-15-6-4-14(23-12-22-2)11-13(15)3-5-17(16)18(20)7-8-19(20)21/h13-18H,3-12H2,1-2H3/t13?,14?,15?,16?,17?,18?,20-/m0/s1. The Hall–Kier alpha value is -0.410. The van der Waals surface area contributed by atoms with Crippen LogP contribution in [0, 0.1) is 35.0 Å². The molecule has 23 heavy (non-hydrogen) atoms. The highest BCUT2D eigenvalue weighted by Crippen LogP contribution is 2.61. The number of ether oxygens (including phenoxy) is 2. The largest absolute Gasteiger partial charge is 0.359 e. The topological polar surface area (TPSA) is 35.5 Å². The molecule has 0 N–H and O–H groups in total. The molecule has 3 nitrogen and oxygen atoms in total. The minimum absolute atomic E-state index is 0.0345. The van der Waals surface area contributed by atoms with E-state index in [2.05, 4.69) is 6.92 Å². The fourth-order valence-corrected chi connectivity index (χ4v) is 6.90. The van der Waals surface area contributed by atoms with Crippen LogP contribution in [0.2, 0.25) is 0 Å². The number of Topliss-reactive ketones (excluding diaryl/α,β-unsaturated/α-hetero) is 1. The molecule has 0 aromatic heterocycles. The Labute approximate surface area is 140 Å². The van der Waals surface area contributed by atoms with Gasteiger partial charge in [0.15, 0.2) is 0 Å². The maximum atomic E-state index is 12.4. The van der Waals surface area contributed by atoms with Crippen molar-refractivity contribution in [1.82, 2.24) is 0 Å². The smallest absolute Gasteiger partial charge is 0.146 e. The molecule has 6 unspecified atom stereocenters. The lowest BCUT2D eigenvalue weighted by molar-refractivity contribution is -0.136. The number of hydrogen-bond donors (Lipinski definition) is 0. The summed E-state index contributed by atoms with van der Waals surface area (Å²) in [5.41, 5.74) is 0.0345. The van der Waals surface area contributed by atoms with Crippen molar-refractivity contribution >= 4 is 5.78 Å². The molecule has 0 bridgehead atoms. The van der Waals surface area contributed by atoms with Gasteiger partial charge in [-0.3, -0.25) is 4.79 Å². The molecular weight excluding hydrogens is 288 g/mol. The van der Waals surface area contributed by atoms with Crippen LogP contribution in [-0.4, -0.2) is 25.8 Å². The molecule has 7 atom stereocenters. The maximum Gasteiger partial charge on any atom is 0.146 e. The van der Waals surface area contributed by atoms with E-state index in [-0.39, 0.29) is 5.41 Å². The first-order valence-electron chi connectivity index (χ1n) is 9.77. The van der Waals surface area contributed by atoms with E-state index in [1.54, 1.807) is 7.11 Å². The first-order valence-corrected chi connectivity index (χ1v) is 9.77. The molecule has 4 aliphatic rings. The van der Waals surface area contributed by atoms with Crippen molar-refractivity contribution in [3.05, 3.63) is 0 Å². The first-order chi connectivity index (χ1) is 11.1. The molecule has 0 aromatic rings. The second kappa shape index (κ2) is 6.15. The minimum Gasteiger partial charge on any atom is -0.359 e. The van der Waals surface area contributed by atoms with Gasteiger partial charge in [0.1, 0.15) is 12.6 Å². The van der Waals surface area contributed by atoms with Crippen molar-refractivity contribution in [2.75, 3.05) is 13.9 Å². The van der Waals surface area contributed by atoms with Gasteiger partial charge in [-0.15, -0.1) is 0 Å². The van der Waals surface area contributed by atoms with Crippen LogP contribution < -0.4 is 0 Å². The average Bonchev–Trinajstić information content (AvgIpc) is 2.88. The highest BCUT2D eigenvalue weighted by Gasteiger charge is 2.56. The second-order valence-corrected chi connectivity index (χ2v) is 8.86. The quantitative estimate of drug-likeness (QED) is 0.731. The molecule has 4 saturated carbocycles. The van der Waals surface area contributed by atoms with Gasteiger partial charge in [0.25, 0.3) is 0 Å². The van der Waals surface area contributed by atoms with E-state index >= 15 is 0 Å². The lowest BCUT2D eigenvalue weighted by Gasteiger charge is -2.54. The lowest BCUT2D eigenvalue weighted by Crippen LogP contribution is -2.49. The van der Waals surface area contributed by atoms with Gasteiger partial charge in [-0.2, -0.15) is 0 Å². The van der Waals surface area contributed by atoms with Gasteiger partial charge in [-0.1, -0.05) is 6.92 Å². The van der Waals surface area contributed by atoms with Crippen molar-refractivity contribution in [3.8, 4) is 0 Å². The van der Waals surface area contributed by atoms with Gasteiger partial charge < -0.3 is 9.47 Å². The summed E-state index contributed by atoms with van der Waals surface area (Å²) in [5, 5.41) is 0. The normalized spacial score (nSPS) is 49.4. The zero-order chi connectivity index (χ0) is 16.0. The number of methoxy groups -OCH3 is 1. The fourth-order valence-electron chi connectivity index (χ4n) is 6.90. The van der Waals surface area contributed by atoms with Crippen LogP contribution in [0.5, 0.6) is 0 Å². The van der Waals surface area contributed by atoms with Gasteiger partial charge in [0, 0.05) is 18.9 Å². The SMILES string of the molecule is COCOC1CCC2C(CCC3C2CC[C@]2(C)C(=O)CCC32)C1. The average molecular weight is 320 g/mol. The molecule has 4 aliphatic carbocycles. The molecule has 3 heteroatoms. The Bertz CT molecular complexity index is 462. The Morgan fingerprint density at radius 1 is 1.04 bits per heavy atom. The van der Waals surface area contributed by atoms with Crippen molar-refractivity contribution in [3.63, 3.8) is 0 Å². The maximum absolute atomic E-state index is 12.4. The highest BCUT2D eigenvalue weighted by atomic mass is 16.7. The fraction of sp³-hybridized carbons (Fsp3) is 0.950. The number of hydrogen-bond acceptors (Lipinski definition) is 3. The summed E-state index contributed by atoms with van der Waals surface area (Å²) in [5.74, 6) is 4.74. The summed E-state index contributed by atoms with van der Waals surface area (Å²) in [6, 6.07) is 0. The van der Waals surface area contributed by atoms with Crippen molar-refractivity contribution < 1.29 is 14.3 Å². The van der Waals surface area contributed by atoms with E-state index < -0.39 is 0 Å². The van der Waals surface area contributed by atoms with Crippen LogP contribution in [0.4, 0.5) is 0 Å². The Balaban J connectivity index is 1.45. The first kappa shape index (κ1) is 16.1. The summed E-state index contributed by atoms with van der Waals surface area (Å²) in [7, 11) is 1.71. The van der Waals surface area contributed by atoms with Gasteiger partial charge in [-0.25, -0.2) is 0 Å². The van der Waals surface area contributed by atoms with Crippen molar-refractivity contribution in [2.45, 2.75) is 70.8 Å². The highest BCUT2D eigenvalue weighted by molar-refractivity contribution is 5.87.